The van der Waals surface area contributed by atoms with Crippen LogP contribution in [0.25, 0.3) is 0 Å². The maximum atomic E-state index is 14.8. The number of carbonyl (C=O) groups excluding carboxylic acids is 3. The van der Waals surface area contributed by atoms with Crippen molar-refractivity contribution in [1.29, 1.82) is 0 Å². The predicted octanol–water partition coefficient (Wildman–Crippen LogP) is 5.16. The van der Waals surface area contributed by atoms with E-state index in [4.69, 9.17) is 42.6 Å². The number of aliphatic hydroxyl groups excluding tert-OH is 2. The predicted molar refractivity (Wildman–Crippen MR) is 274 cm³/mol. The highest BCUT2D eigenvalue weighted by Crippen LogP contribution is 2.46. The summed E-state index contributed by atoms with van der Waals surface area (Å²) in [6.45, 7) is 17.4. The van der Waals surface area contributed by atoms with Crippen LogP contribution >= 0.6 is 0 Å². The SMILES string of the molecule is CC[C@H]1OC(=O)[C@H](C)[C@@H](O[C@H]2C[C@@](C)(OC)[C@@H](O)[C@H](C)O2)[C@H](C)[C@@H](O[C@@H]2O[C@H](C)C[C@H](N(C)CCc3cn([C@H](CF)[C@H](OC)c4ccc(S(C)(=O)=O)cc4)nn3)[C@H]2O)[C@](C)(OC)C[C@@H](C)C(=O)[C@H](C)[C@H]2CC(=O)O[C@@]21C. The van der Waals surface area contributed by atoms with Crippen molar-refractivity contribution in [3.8, 4) is 0 Å². The maximum Gasteiger partial charge on any atom is 0.311 e. The van der Waals surface area contributed by atoms with Gasteiger partial charge < -0.3 is 57.7 Å². The Bertz CT molecular complexity index is 2400. The fourth-order valence-corrected chi connectivity index (χ4v) is 13.0. The zero-order valence-corrected chi connectivity index (χ0v) is 47.9. The van der Waals surface area contributed by atoms with Crippen molar-refractivity contribution in [2.75, 3.05) is 47.9 Å². The highest BCUT2D eigenvalue weighted by atomic mass is 32.2. The molecular weight excluding hydrogens is 1010 g/mol. The molecule has 22 heteroatoms. The third-order valence-electron chi connectivity index (χ3n) is 17.2. The van der Waals surface area contributed by atoms with E-state index in [-0.39, 0.29) is 36.4 Å². The van der Waals surface area contributed by atoms with E-state index in [0.29, 0.717) is 30.6 Å². The van der Waals surface area contributed by atoms with E-state index >= 15 is 0 Å². The highest BCUT2D eigenvalue weighted by Gasteiger charge is 2.58. The number of sulfone groups is 1. The van der Waals surface area contributed by atoms with Crippen molar-refractivity contribution < 1.29 is 80.0 Å². The fraction of sp³-hybridized carbons (Fsp3) is 0.796. The molecule has 0 radical (unpaired) electrons. The number of benzene rings is 1. The molecule has 0 unspecified atom stereocenters. The smallest absolute Gasteiger partial charge is 0.311 e. The summed E-state index contributed by atoms with van der Waals surface area (Å²) in [4.78, 5) is 44.7. The van der Waals surface area contributed by atoms with Crippen LogP contribution in [0.15, 0.2) is 35.4 Å². The van der Waals surface area contributed by atoms with Crippen LogP contribution < -0.4 is 0 Å². The number of esters is 2. The first-order chi connectivity index (χ1) is 35.6. The fourth-order valence-electron chi connectivity index (χ4n) is 12.3. The minimum absolute atomic E-state index is 0.0382. The molecule has 1 aromatic heterocycles. The van der Waals surface area contributed by atoms with E-state index in [1.165, 1.54) is 38.1 Å². The van der Waals surface area contributed by atoms with Crippen molar-refractivity contribution in [2.24, 2.45) is 29.6 Å². The number of aliphatic hydroxyl groups is 2. The summed E-state index contributed by atoms with van der Waals surface area (Å²) < 4.78 is 97.4. The Hall–Kier alpha value is -3.55. The number of nitrogens with zero attached hydrogens (tertiary/aromatic N) is 4. The number of Topliss-reactive ketones (excluding diaryl/α,β-unsaturated/α-hetero) is 1. The van der Waals surface area contributed by atoms with Gasteiger partial charge in [0.2, 0.25) is 0 Å². The number of ketones is 1. The van der Waals surface area contributed by atoms with Crippen LogP contribution in [0.3, 0.4) is 0 Å². The molecule has 5 heterocycles. The minimum atomic E-state index is -3.44. The number of hydrogen-bond donors (Lipinski definition) is 2. The van der Waals surface area contributed by atoms with Crippen LogP contribution in [0, 0.1) is 29.6 Å². The third-order valence-corrected chi connectivity index (χ3v) is 18.3. The van der Waals surface area contributed by atoms with Gasteiger partial charge in [-0.25, -0.2) is 17.5 Å². The van der Waals surface area contributed by atoms with Crippen LogP contribution in [-0.2, 0) is 73.3 Å². The Morgan fingerprint density at radius 1 is 0.934 bits per heavy atom. The number of alkyl halides is 1. The van der Waals surface area contributed by atoms with Gasteiger partial charge in [-0.3, -0.25) is 14.4 Å². The Kier molecular flexibility index (Phi) is 20.2. The molecule has 2 aromatic rings. The zero-order chi connectivity index (χ0) is 56.4. The summed E-state index contributed by atoms with van der Waals surface area (Å²) in [6.07, 6.45) is -5.55. The lowest BCUT2D eigenvalue weighted by atomic mass is 9.70. The quantitative estimate of drug-likeness (QED) is 0.195. The average Bonchev–Trinajstić information content (AvgIpc) is 3.98. The van der Waals surface area contributed by atoms with Crippen LogP contribution in [0.4, 0.5) is 4.39 Å². The Labute approximate surface area is 448 Å². The van der Waals surface area contributed by atoms with Crippen LogP contribution in [0.1, 0.15) is 125 Å². The summed E-state index contributed by atoms with van der Waals surface area (Å²) in [5.41, 5.74) is -2.61. The lowest BCUT2D eigenvalue weighted by molar-refractivity contribution is -0.319. The molecule has 2 N–H and O–H groups in total. The van der Waals surface area contributed by atoms with Crippen molar-refractivity contribution in [3.63, 3.8) is 0 Å². The van der Waals surface area contributed by atoms with Gasteiger partial charge in [0.1, 0.15) is 48.5 Å². The number of hydrogen-bond acceptors (Lipinski definition) is 19. The zero-order valence-electron chi connectivity index (χ0n) is 47.0. The molecule has 0 spiro atoms. The molecule has 0 bridgehead atoms. The number of carbonyl (C=O) groups is 3. The number of fused-ring (bicyclic) bond motifs is 1. The minimum Gasteiger partial charge on any atom is -0.458 e. The number of cyclic esters (lactones) is 1. The second-order valence-electron chi connectivity index (χ2n) is 22.6. The lowest BCUT2D eigenvalue weighted by Gasteiger charge is -2.50. The molecule has 4 aliphatic heterocycles. The Morgan fingerprint density at radius 3 is 2.18 bits per heavy atom. The number of aromatic nitrogens is 3. The maximum absolute atomic E-state index is 14.8. The summed E-state index contributed by atoms with van der Waals surface area (Å²) in [7, 11) is 2.87. The molecule has 0 saturated carbocycles. The molecule has 20 nitrogen and oxygen atoms in total. The van der Waals surface area contributed by atoms with Crippen molar-refractivity contribution in [1.82, 2.24) is 19.9 Å². The van der Waals surface area contributed by atoms with Gasteiger partial charge in [0.25, 0.3) is 0 Å². The standard InChI is InChI=1S/C54H85FN4O16S/c1-16-41-54(10)38(24-42(60)75-54)31(4)44(61)29(2)25-53(9,69-14)49(32(5)46(33(6)50(64)72-41)73-43-26-52(8,68-13)48(63)34(7)71-43)74-51-45(62)39(23-30(3)70-51)58(11)22-21-36-28-59(57-56-36)40(27-55)47(67-12)35-17-19-37(20-18-35)76(15,65)66/h17-20,28-34,38-41,43,45-49,51,62-63H,16,21-27H2,1-15H3/t29-,30-,31-,32+,33-,34+,38-,39+,40-,41-,43+,45-,46+,47-,48+,49-,51+,52-,53-,54+/m1/s1. The number of likely N-dealkylation sites (N-methyl/N-ethyl adjacent to an activating group) is 1. The Balaban J connectivity index is 1.30. The van der Waals surface area contributed by atoms with Gasteiger partial charge in [0.15, 0.2) is 22.4 Å². The molecule has 1 aromatic carbocycles. The van der Waals surface area contributed by atoms with Gasteiger partial charge >= 0.3 is 11.9 Å². The number of ether oxygens (including phenoxy) is 9. The molecule has 430 valence electrons. The van der Waals surface area contributed by atoms with Gasteiger partial charge in [0, 0.05) is 82.9 Å². The van der Waals surface area contributed by atoms with E-state index in [9.17, 15) is 37.4 Å². The molecule has 0 amide bonds. The van der Waals surface area contributed by atoms with E-state index in [0.717, 1.165) is 6.26 Å². The summed E-state index contributed by atoms with van der Waals surface area (Å²) in [5, 5.41) is 32.1. The first-order valence-corrected chi connectivity index (χ1v) is 28.5. The molecule has 20 atom stereocenters. The van der Waals surface area contributed by atoms with Gasteiger partial charge in [0.05, 0.1) is 58.5 Å². The Morgan fingerprint density at radius 2 is 1.59 bits per heavy atom. The van der Waals surface area contributed by atoms with Crippen molar-refractivity contribution in [3.05, 3.63) is 41.7 Å². The second kappa shape index (κ2) is 24.9. The molecule has 0 aliphatic carbocycles. The van der Waals surface area contributed by atoms with Crippen LogP contribution in [-0.4, -0.2) is 182 Å². The van der Waals surface area contributed by atoms with Gasteiger partial charge in [-0.15, -0.1) is 5.10 Å². The van der Waals surface area contributed by atoms with E-state index in [1.807, 2.05) is 46.6 Å². The van der Waals surface area contributed by atoms with Gasteiger partial charge in [-0.2, -0.15) is 0 Å². The summed E-state index contributed by atoms with van der Waals surface area (Å²) in [5.74, 6) is -5.08. The van der Waals surface area contributed by atoms with Crippen LogP contribution in [0.5, 0.6) is 0 Å². The first kappa shape index (κ1) is 61.7. The molecular formula is C54H85FN4O16S. The van der Waals surface area contributed by atoms with E-state index in [1.54, 1.807) is 52.9 Å². The number of methoxy groups -OCH3 is 3. The second-order valence-corrected chi connectivity index (χ2v) is 24.6. The molecule has 6 rings (SSSR count). The van der Waals surface area contributed by atoms with E-state index < -0.39 is 148 Å². The van der Waals surface area contributed by atoms with Crippen molar-refractivity contribution in [2.45, 2.75) is 203 Å². The highest BCUT2D eigenvalue weighted by molar-refractivity contribution is 7.90. The molecule has 76 heavy (non-hydrogen) atoms. The van der Waals surface area contributed by atoms with Gasteiger partial charge in [-0.1, -0.05) is 45.0 Å². The normalized spacial score (nSPS) is 39.0. The molecule has 4 saturated heterocycles. The number of halogens is 1. The van der Waals surface area contributed by atoms with Gasteiger partial charge in [-0.05, 0) is 85.5 Å². The summed E-state index contributed by atoms with van der Waals surface area (Å²) >= 11 is 0. The largest absolute Gasteiger partial charge is 0.458 e. The van der Waals surface area contributed by atoms with E-state index in [2.05, 4.69) is 10.3 Å². The summed E-state index contributed by atoms with van der Waals surface area (Å²) in [6, 6.07) is 4.65. The van der Waals surface area contributed by atoms with Crippen molar-refractivity contribution >= 4 is 27.6 Å². The lowest BCUT2D eigenvalue weighted by Crippen LogP contribution is -2.61. The number of rotatable bonds is 17. The molecule has 4 aliphatic rings. The average molecular weight is 1100 g/mol. The molecule has 4 fully saturated rings. The monoisotopic (exact) mass is 1100 g/mol. The third kappa shape index (κ3) is 13.0. The van der Waals surface area contributed by atoms with Crippen LogP contribution in [0.2, 0.25) is 0 Å². The first-order valence-electron chi connectivity index (χ1n) is 26.6. The topological polar surface area (TPSA) is 243 Å².